The van der Waals surface area contributed by atoms with Gasteiger partial charge >= 0.3 is 6.18 Å². The van der Waals surface area contributed by atoms with Gasteiger partial charge < -0.3 is 5.32 Å². The summed E-state index contributed by atoms with van der Waals surface area (Å²) in [6.07, 6.45) is -4.84. The fourth-order valence-corrected chi connectivity index (χ4v) is 4.37. The van der Waals surface area contributed by atoms with Crippen LogP contribution in [0.2, 0.25) is 0 Å². The number of hydrogen-bond donors (Lipinski definition) is 2. The molecule has 1 heterocycles. The van der Waals surface area contributed by atoms with Gasteiger partial charge in [-0.25, -0.2) is 18.4 Å². The van der Waals surface area contributed by atoms with Gasteiger partial charge in [0, 0.05) is 5.69 Å². The van der Waals surface area contributed by atoms with Crippen molar-refractivity contribution in [3.05, 3.63) is 83.9 Å². The summed E-state index contributed by atoms with van der Waals surface area (Å²) in [7, 11) is -4.63. The van der Waals surface area contributed by atoms with Crippen LogP contribution in [-0.2, 0) is 16.2 Å². The molecule has 0 saturated carbocycles. The number of nitrogens with one attached hydrogen (secondary N) is 2. The third-order valence-electron chi connectivity index (χ3n) is 4.56. The molecule has 0 aliphatic heterocycles. The summed E-state index contributed by atoms with van der Waals surface area (Å²) in [5, 5.41) is 3.00. The van der Waals surface area contributed by atoms with Gasteiger partial charge in [0.15, 0.2) is 11.6 Å². The molecule has 0 saturated heterocycles. The maximum Gasteiger partial charge on any atom is 0.417 e. The minimum Gasteiger partial charge on any atom is -0.337 e. The van der Waals surface area contributed by atoms with E-state index in [0.717, 1.165) is 17.7 Å². The van der Waals surface area contributed by atoms with Crippen LogP contribution in [0.15, 0.2) is 77.7 Å². The molecule has 0 aliphatic rings. The quantitative estimate of drug-likeness (QED) is 0.413. The third-order valence-corrected chi connectivity index (χ3v) is 5.96. The summed E-state index contributed by atoms with van der Waals surface area (Å²) in [5.41, 5.74) is 1.16. The molecule has 2 N–H and O–H groups in total. The first-order chi connectivity index (χ1) is 15.1. The van der Waals surface area contributed by atoms with Crippen molar-refractivity contribution in [2.75, 3.05) is 10.0 Å². The first kappa shape index (κ1) is 21.6. The van der Waals surface area contributed by atoms with E-state index < -0.39 is 26.7 Å². The number of alkyl halides is 3. The fourth-order valence-electron chi connectivity index (χ4n) is 3.14. The van der Waals surface area contributed by atoms with Gasteiger partial charge in [0.25, 0.3) is 10.0 Å². The van der Waals surface area contributed by atoms with Crippen molar-refractivity contribution in [3.8, 4) is 0 Å². The standard InChI is InChI=1S/C22H17F3N4O2S/c1-14-7-6-8-15(13-14)26-20-21(28-18-11-4-3-10-17(18)27-20)29-32(30,31)19-12-5-2-9-16(19)22(23,24)25/h2-13H,1H3,(H,26,27)(H,28,29). The Kier molecular flexibility index (Phi) is 5.47. The molecule has 32 heavy (non-hydrogen) atoms. The van der Waals surface area contributed by atoms with Gasteiger partial charge in [-0.2, -0.15) is 13.2 Å². The Morgan fingerprint density at radius 2 is 1.44 bits per heavy atom. The first-order valence-corrected chi connectivity index (χ1v) is 10.9. The van der Waals surface area contributed by atoms with Crippen molar-refractivity contribution >= 4 is 38.4 Å². The molecule has 4 aromatic rings. The zero-order valence-electron chi connectivity index (χ0n) is 16.7. The average Bonchev–Trinajstić information content (AvgIpc) is 2.73. The molecular formula is C22H17F3N4O2S. The fraction of sp³-hybridized carbons (Fsp3) is 0.0909. The van der Waals surface area contributed by atoms with Crippen LogP contribution in [0, 0.1) is 6.92 Å². The SMILES string of the molecule is Cc1cccc(Nc2nc3ccccc3nc2NS(=O)(=O)c2ccccc2C(F)(F)F)c1. The van der Waals surface area contributed by atoms with Crippen LogP contribution in [0.1, 0.15) is 11.1 Å². The topological polar surface area (TPSA) is 84.0 Å². The summed E-state index contributed by atoms with van der Waals surface area (Å²) in [4.78, 5) is 7.83. The lowest BCUT2D eigenvalue weighted by atomic mass is 10.2. The molecule has 0 radical (unpaired) electrons. The number of halogens is 3. The number of aryl methyl sites for hydroxylation is 1. The predicted molar refractivity (Wildman–Crippen MR) is 116 cm³/mol. The Labute approximate surface area is 182 Å². The second-order valence-electron chi connectivity index (χ2n) is 7.00. The number of benzene rings is 3. The summed E-state index contributed by atoms with van der Waals surface area (Å²) in [6.45, 7) is 1.88. The van der Waals surface area contributed by atoms with Crippen molar-refractivity contribution in [1.82, 2.24) is 9.97 Å². The van der Waals surface area contributed by atoms with Gasteiger partial charge in [-0.1, -0.05) is 36.4 Å². The van der Waals surface area contributed by atoms with Gasteiger partial charge in [-0.15, -0.1) is 0 Å². The third kappa shape index (κ3) is 4.50. The molecule has 0 fully saturated rings. The van der Waals surface area contributed by atoms with Crippen molar-refractivity contribution in [3.63, 3.8) is 0 Å². The first-order valence-electron chi connectivity index (χ1n) is 9.43. The number of anilines is 3. The van der Waals surface area contributed by atoms with Crippen LogP contribution in [0.25, 0.3) is 11.0 Å². The molecule has 3 aromatic carbocycles. The normalized spacial score (nSPS) is 12.0. The highest BCUT2D eigenvalue weighted by Gasteiger charge is 2.37. The summed E-state index contributed by atoms with van der Waals surface area (Å²) < 4.78 is 68.3. The maximum absolute atomic E-state index is 13.4. The van der Waals surface area contributed by atoms with Crippen molar-refractivity contribution in [2.45, 2.75) is 18.0 Å². The van der Waals surface area contributed by atoms with Crippen LogP contribution < -0.4 is 10.0 Å². The number of para-hydroxylation sites is 2. The Hall–Kier alpha value is -3.66. The van der Waals surface area contributed by atoms with Gasteiger partial charge in [-0.3, -0.25) is 4.72 Å². The lowest BCUT2D eigenvalue weighted by molar-refractivity contribution is -0.139. The number of fused-ring (bicyclic) bond motifs is 1. The summed E-state index contributed by atoms with van der Waals surface area (Å²) >= 11 is 0. The Balaban J connectivity index is 1.82. The van der Waals surface area contributed by atoms with E-state index in [1.165, 1.54) is 6.07 Å². The second kappa shape index (κ2) is 8.12. The van der Waals surface area contributed by atoms with Gasteiger partial charge in [-0.05, 0) is 48.9 Å². The smallest absolute Gasteiger partial charge is 0.337 e. The molecule has 164 valence electrons. The molecule has 0 atom stereocenters. The van der Waals surface area contributed by atoms with Crippen LogP contribution in [0.4, 0.5) is 30.5 Å². The lowest BCUT2D eigenvalue weighted by Crippen LogP contribution is -2.20. The second-order valence-corrected chi connectivity index (χ2v) is 8.65. The summed E-state index contributed by atoms with van der Waals surface area (Å²) in [6, 6.07) is 18.0. The molecule has 1 aromatic heterocycles. The Morgan fingerprint density at radius 1 is 0.812 bits per heavy atom. The van der Waals surface area contributed by atoms with Crippen molar-refractivity contribution in [2.24, 2.45) is 0 Å². The number of aromatic nitrogens is 2. The minimum absolute atomic E-state index is 0.0577. The van der Waals surface area contributed by atoms with E-state index in [0.29, 0.717) is 22.8 Å². The van der Waals surface area contributed by atoms with E-state index in [2.05, 4.69) is 20.0 Å². The largest absolute Gasteiger partial charge is 0.417 e. The average molecular weight is 458 g/mol. The number of sulfonamides is 1. The van der Waals surface area contributed by atoms with E-state index in [1.807, 2.05) is 19.1 Å². The lowest BCUT2D eigenvalue weighted by Gasteiger charge is -2.16. The molecule has 0 amide bonds. The molecule has 6 nitrogen and oxygen atoms in total. The van der Waals surface area contributed by atoms with E-state index >= 15 is 0 Å². The maximum atomic E-state index is 13.4. The highest BCUT2D eigenvalue weighted by atomic mass is 32.2. The molecule has 0 bridgehead atoms. The van der Waals surface area contributed by atoms with Gasteiger partial charge in [0.1, 0.15) is 0 Å². The predicted octanol–water partition coefficient (Wildman–Crippen LogP) is 5.50. The summed E-state index contributed by atoms with van der Waals surface area (Å²) in [5.74, 6) is -0.162. The Morgan fingerprint density at radius 3 is 2.09 bits per heavy atom. The van der Waals surface area contributed by atoms with E-state index in [-0.39, 0.29) is 11.6 Å². The van der Waals surface area contributed by atoms with Crippen molar-refractivity contribution < 1.29 is 21.6 Å². The molecular weight excluding hydrogens is 441 g/mol. The zero-order valence-corrected chi connectivity index (χ0v) is 17.5. The van der Waals surface area contributed by atoms with E-state index in [4.69, 9.17) is 0 Å². The molecule has 0 spiro atoms. The highest BCUT2D eigenvalue weighted by molar-refractivity contribution is 7.92. The number of hydrogen-bond acceptors (Lipinski definition) is 5. The van der Waals surface area contributed by atoms with E-state index in [9.17, 15) is 21.6 Å². The molecule has 0 unspecified atom stereocenters. The van der Waals surface area contributed by atoms with Crippen LogP contribution in [0.5, 0.6) is 0 Å². The van der Waals surface area contributed by atoms with Gasteiger partial charge in [0.2, 0.25) is 0 Å². The van der Waals surface area contributed by atoms with E-state index in [1.54, 1.807) is 36.4 Å². The van der Waals surface area contributed by atoms with Crippen molar-refractivity contribution in [1.29, 1.82) is 0 Å². The zero-order chi connectivity index (χ0) is 22.9. The van der Waals surface area contributed by atoms with Crippen LogP contribution >= 0.6 is 0 Å². The monoisotopic (exact) mass is 458 g/mol. The number of nitrogens with zero attached hydrogens (tertiary/aromatic N) is 2. The highest BCUT2D eigenvalue weighted by Crippen LogP contribution is 2.35. The molecule has 0 aliphatic carbocycles. The van der Waals surface area contributed by atoms with Gasteiger partial charge in [0.05, 0.1) is 21.5 Å². The van der Waals surface area contributed by atoms with Crippen LogP contribution in [0.3, 0.4) is 0 Å². The minimum atomic E-state index is -4.84. The Bertz CT molecular complexity index is 1410. The number of rotatable bonds is 5. The van der Waals surface area contributed by atoms with Crippen LogP contribution in [-0.4, -0.2) is 18.4 Å². The molecule has 4 rings (SSSR count). The molecule has 10 heteroatoms.